The standard InChI is InChI=1S/C13H19N3O/c1-10(2)15-6-7-16(13(17)9-15)12-5-3-4-11(14)8-12/h3-5,8,10H,6-7,9,14H2,1-2H3. The molecule has 0 saturated carbocycles. The molecular weight excluding hydrogens is 214 g/mol. The van der Waals surface area contributed by atoms with Crippen molar-refractivity contribution in [3.8, 4) is 0 Å². The predicted molar refractivity (Wildman–Crippen MR) is 69.9 cm³/mol. The Hall–Kier alpha value is -1.55. The molecule has 1 fully saturated rings. The van der Waals surface area contributed by atoms with Crippen molar-refractivity contribution in [3.63, 3.8) is 0 Å². The molecule has 92 valence electrons. The van der Waals surface area contributed by atoms with Gasteiger partial charge in [0, 0.05) is 30.5 Å². The molecule has 1 aromatic carbocycles. The van der Waals surface area contributed by atoms with Gasteiger partial charge in [0.1, 0.15) is 0 Å². The number of nitrogens with zero attached hydrogens (tertiary/aromatic N) is 2. The lowest BCUT2D eigenvalue weighted by molar-refractivity contribution is -0.121. The second-order valence-electron chi connectivity index (χ2n) is 4.70. The fourth-order valence-electron chi connectivity index (χ4n) is 2.10. The van der Waals surface area contributed by atoms with Gasteiger partial charge in [0.05, 0.1) is 6.54 Å². The van der Waals surface area contributed by atoms with Crippen LogP contribution in [0.2, 0.25) is 0 Å². The highest BCUT2D eigenvalue weighted by molar-refractivity contribution is 5.95. The Balaban J connectivity index is 2.12. The van der Waals surface area contributed by atoms with Crippen molar-refractivity contribution >= 4 is 17.3 Å². The van der Waals surface area contributed by atoms with Crippen LogP contribution in [0.5, 0.6) is 0 Å². The maximum absolute atomic E-state index is 12.1. The zero-order valence-corrected chi connectivity index (χ0v) is 10.4. The van der Waals surface area contributed by atoms with E-state index in [9.17, 15) is 4.79 Å². The topological polar surface area (TPSA) is 49.6 Å². The number of piperazine rings is 1. The molecule has 1 aliphatic heterocycles. The lowest BCUT2D eigenvalue weighted by Gasteiger charge is -2.36. The predicted octanol–water partition coefficient (Wildman–Crippen LogP) is 1.33. The summed E-state index contributed by atoms with van der Waals surface area (Å²) in [4.78, 5) is 16.1. The van der Waals surface area contributed by atoms with E-state index < -0.39 is 0 Å². The molecule has 4 nitrogen and oxygen atoms in total. The molecule has 0 unspecified atom stereocenters. The fraction of sp³-hybridized carbons (Fsp3) is 0.462. The van der Waals surface area contributed by atoms with E-state index in [0.717, 1.165) is 18.8 Å². The minimum atomic E-state index is 0.149. The van der Waals surface area contributed by atoms with Gasteiger partial charge in [-0.05, 0) is 32.0 Å². The van der Waals surface area contributed by atoms with E-state index in [2.05, 4.69) is 18.7 Å². The number of anilines is 2. The number of benzene rings is 1. The Morgan fingerprint density at radius 1 is 1.29 bits per heavy atom. The van der Waals surface area contributed by atoms with Gasteiger partial charge in [-0.2, -0.15) is 0 Å². The zero-order chi connectivity index (χ0) is 12.4. The molecule has 1 aromatic rings. The van der Waals surface area contributed by atoms with E-state index in [1.165, 1.54) is 0 Å². The minimum absolute atomic E-state index is 0.149. The van der Waals surface area contributed by atoms with Gasteiger partial charge in [-0.15, -0.1) is 0 Å². The maximum atomic E-state index is 12.1. The van der Waals surface area contributed by atoms with Gasteiger partial charge < -0.3 is 10.6 Å². The SMILES string of the molecule is CC(C)N1CCN(c2cccc(N)c2)C(=O)C1. The summed E-state index contributed by atoms with van der Waals surface area (Å²) in [6.45, 7) is 6.37. The van der Waals surface area contributed by atoms with Crippen molar-refractivity contribution in [1.29, 1.82) is 0 Å². The van der Waals surface area contributed by atoms with Crippen LogP contribution in [0.4, 0.5) is 11.4 Å². The van der Waals surface area contributed by atoms with Gasteiger partial charge in [0.25, 0.3) is 0 Å². The second-order valence-corrected chi connectivity index (χ2v) is 4.70. The molecule has 2 rings (SSSR count). The molecule has 1 aliphatic rings. The maximum Gasteiger partial charge on any atom is 0.241 e. The van der Waals surface area contributed by atoms with E-state index in [0.29, 0.717) is 18.3 Å². The van der Waals surface area contributed by atoms with Crippen LogP contribution in [0.1, 0.15) is 13.8 Å². The zero-order valence-electron chi connectivity index (χ0n) is 10.4. The average molecular weight is 233 g/mol. The number of nitrogens with two attached hydrogens (primary N) is 1. The highest BCUT2D eigenvalue weighted by Crippen LogP contribution is 2.20. The quantitative estimate of drug-likeness (QED) is 0.784. The van der Waals surface area contributed by atoms with Crippen LogP contribution in [-0.4, -0.2) is 36.5 Å². The Morgan fingerprint density at radius 3 is 2.65 bits per heavy atom. The number of carbonyl (C=O) groups excluding carboxylic acids is 1. The van der Waals surface area contributed by atoms with Crippen LogP contribution < -0.4 is 10.6 Å². The monoisotopic (exact) mass is 233 g/mol. The summed E-state index contributed by atoms with van der Waals surface area (Å²) in [6.07, 6.45) is 0. The number of nitrogen functional groups attached to an aromatic ring is 1. The van der Waals surface area contributed by atoms with Gasteiger partial charge in [-0.1, -0.05) is 6.07 Å². The van der Waals surface area contributed by atoms with Crippen LogP contribution in [0, 0.1) is 0 Å². The fourth-order valence-corrected chi connectivity index (χ4v) is 2.10. The first-order valence-corrected chi connectivity index (χ1v) is 5.98. The molecule has 2 N–H and O–H groups in total. The van der Waals surface area contributed by atoms with Crippen LogP contribution in [0.15, 0.2) is 24.3 Å². The Bertz CT molecular complexity index is 417. The normalized spacial score (nSPS) is 17.8. The molecule has 1 saturated heterocycles. The van der Waals surface area contributed by atoms with Gasteiger partial charge in [0.2, 0.25) is 5.91 Å². The van der Waals surface area contributed by atoms with Crippen LogP contribution in [0.25, 0.3) is 0 Å². The summed E-state index contributed by atoms with van der Waals surface area (Å²) >= 11 is 0. The summed E-state index contributed by atoms with van der Waals surface area (Å²) in [6, 6.07) is 7.91. The van der Waals surface area contributed by atoms with Gasteiger partial charge in [-0.25, -0.2) is 0 Å². The first-order valence-electron chi connectivity index (χ1n) is 5.98. The third-order valence-electron chi connectivity index (χ3n) is 3.16. The van der Waals surface area contributed by atoms with E-state index >= 15 is 0 Å². The molecule has 17 heavy (non-hydrogen) atoms. The summed E-state index contributed by atoms with van der Waals surface area (Å²) in [5, 5.41) is 0. The molecular formula is C13H19N3O. The molecule has 0 atom stereocenters. The molecule has 0 aromatic heterocycles. The number of hydrogen-bond acceptors (Lipinski definition) is 3. The molecule has 0 bridgehead atoms. The summed E-state index contributed by atoms with van der Waals surface area (Å²) < 4.78 is 0. The Labute approximate surface area is 102 Å². The summed E-state index contributed by atoms with van der Waals surface area (Å²) in [7, 11) is 0. The smallest absolute Gasteiger partial charge is 0.241 e. The Morgan fingerprint density at radius 2 is 2.06 bits per heavy atom. The second kappa shape index (κ2) is 4.75. The molecule has 4 heteroatoms. The molecule has 0 spiro atoms. The highest BCUT2D eigenvalue weighted by atomic mass is 16.2. The van der Waals surface area contributed by atoms with E-state index in [1.54, 1.807) is 0 Å². The first-order chi connectivity index (χ1) is 8.08. The van der Waals surface area contributed by atoms with Crippen LogP contribution >= 0.6 is 0 Å². The van der Waals surface area contributed by atoms with Gasteiger partial charge in [0.15, 0.2) is 0 Å². The van der Waals surface area contributed by atoms with Crippen molar-refractivity contribution in [2.24, 2.45) is 0 Å². The van der Waals surface area contributed by atoms with Crippen molar-refractivity contribution in [2.45, 2.75) is 19.9 Å². The Kier molecular flexibility index (Phi) is 3.33. The van der Waals surface area contributed by atoms with Gasteiger partial charge in [-0.3, -0.25) is 9.69 Å². The van der Waals surface area contributed by atoms with Gasteiger partial charge >= 0.3 is 0 Å². The number of rotatable bonds is 2. The van der Waals surface area contributed by atoms with E-state index in [4.69, 9.17) is 5.73 Å². The molecule has 0 aliphatic carbocycles. The third-order valence-corrected chi connectivity index (χ3v) is 3.16. The van der Waals surface area contributed by atoms with Crippen molar-refractivity contribution < 1.29 is 4.79 Å². The number of amides is 1. The number of carbonyl (C=O) groups is 1. The largest absolute Gasteiger partial charge is 0.399 e. The molecule has 0 radical (unpaired) electrons. The van der Waals surface area contributed by atoms with E-state index in [1.807, 2.05) is 29.2 Å². The number of hydrogen-bond donors (Lipinski definition) is 1. The first kappa shape index (κ1) is 11.9. The van der Waals surface area contributed by atoms with Crippen molar-refractivity contribution in [2.75, 3.05) is 30.3 Å². The van der Waals surface area contributed by atoms with Crippen LogP contribution in [-0.2, 0) is 4.79 Å². The average Bonchev–Trinajstić information content (AvgIpc) is 2.28. The summed E-state index contributed by atoms with van der Waals surface area (Å²) in [5.41, 5.74) is 7.34. The minimum Gasteiger partial charge on any atom is -0.399 e. The van der Waals surface area contributed by atoms with E-state index in [-0.39, 0.29) is 5.91 Å². The summed E-state index contributed by atoms with van der Waals surface area (Å²) in [5.74, 6) is 0.149. The van der Waals surface area contributed by atoms with Crippen molar-refractivity contribution in [1.82, 2.24) is 4.90 Å². The molecule has 1 amide bonds. The highest BCUT2D eigenvalue weighted by Gasteiger charge is 2.26. The lowest BCUT2D eigenvalue weighted by atomic mass is 10.2. The lowest BCUT2D eigenvalue weighted by Crippen LogP contribution is -2.52. The van der Waals surface area contributed by atoms with Crippen LogP contribution in [0.3, 0.4) is 0 Å². The third kappa shape index (κ3) is 2.58. The molecule has 1 heterocycles. The van der Waals surface area contributed by atoms with Crippen molar-refractivity contribution in [3.05, 3.63) is 24.3 Å².